The molecule has 0 aromatic rings. The number of nitrogens with one attached hydrogen (secondary N) is 2. The maximum absolute atomic E-state index is 11.6. The fourth-order valence-corrected chi connectivity index (χ4v) is 1.86. The number of β-amino-alcohol motifs (C(OH)–C–C–N with tert-alkyl or cyclic N) is 1. The molecular weight excluding hydrogens is 236 g/mol. The lowest BCUT2D eigenvalue weighted by atomic mass is 9.90. The van der Waals surface area contributed by atoms with Crippen LogP contribution in [0.3, 0.4) is 0 Å². The molecule has 1 fully saturated rings. The van der Waals surface area contributed by atoms with E-state index in [4.69, 9.17) is 4.74 Å². The van der Waals surface area contributed by atoms with E-state index in [-0.39, 0.29) is 6.42 Å². The van der Waals surface area contributed by atoms with Crippen molar-refractivity contribution >= 4 is 12.0 Å². The van der Waals surface area contributed by atoms with Gasteiger partial charge in [0.1, 0.15) is 5.60 Å². The van der Waals surface area contributed by atoms with E-state index in [0.717, 1.165) is 13.0 Å². The van der Waals surface area contributed by atoms with Crippen LogP contribution >= 0.6 is 0 Å². The highest BCUT2D eigenvalue weighted by Gasteiger charge is 2.32. The Kier molecular flexibility index (Phi) is 4.70. The summed E-state index contributed by atoms with van der Waals surface area (Å²) in [5.41, 5.74) is -1.71. The standard InChI is InChI=1S/C12H22N2O4/c1-11(2,3)18-10(16)14-9(15)7-12(17)5-4-6-13-8-12/h13,17H,4-8H2,1-3H3,(H,14,15,16). The quantitative estimate of drug-likeness (QED) is 0.673. The Balaban J connectivity index is 2.39. The average molecular weight is 258 g/mol. The van der Waals surface area contributed by atoms with Crippen LogP contribution in [0, 0.1) is 0 Å². The normalized spacial score (nSPS) is 24.4. The predicted octanol–water partition coefficient (Wildman–Crippen LogP) is 0.542. The van der Waals surface area contributed by atoms with E-state index in [1.165, 1.54) is 0 Å². The van der Waals surface area contributed by atoms with Gasteiger partial charge >= 0.3 is 6.09 Å². The Morgan fingerprint density at radius 3 is 2.61 bits per heavy atom. The third kappa shape index (κ3) is 5.46. The number of alkyl carbamates (subject to hydrolysis) is 1. The molecule has 1 atom stereocenters. The summed E-state index contributed by atoms with van der Waals surface area (Å²) in [6.07, 6.45) is 0.497. The minimum Gasteiger partial charge on any atom is -0.444 e. The van der Waals surface area contributed by atoms with Crippen LogP contribution in [0.15, 0.2) is 0 Å². The molecule has 2 amide bonds. The topological polar surface area (TPSA) is 87.7 Å². The van der Waals surface area contributed by atoms with E-state index in [1.54, 1.807) is 20.8 Å². The fraction of sp³-hybridized carbons (Fsp3) is 0.833. The first kappa shape index (κ1) is 14.9. The lowest BCUT2D eigenvalue weighted by molar-refractivity contribution is -0.126. The van der Waals surface area contributed by atoms with Crippen molar-refractivity contribution in [3.05, 3.63) is 0 Å². The Labute approximate surface area is 107 Å². The van der Waals surface area contributed by atoms with E-state index in [0.29, 0.717) is 13.0 Å². The molecule has 1 unspecified atom stereocenters. The Morgan fingerprint density at radius 2 is 2.11 bits per heavy atom. The van der Waals surface area contributed by atoms with Crippen LogP contribution in [0.2, 0.25) is 0 Å². The predicted molar refractivity (Wildman–Crippen MR) is 66.0 cm³/mol. The molecule has 1 heterocycles. The van der Waals surface area contributed by atoms with Crippen molar-refractivity contribution in [2.75, 3.05) is 13.1 Å². The van der Waals surface area contributed by atoms with Crippen LogP contribution in [0.4, 0.5) is 4.79 Å². The average Bonchev–Trinajstić information content (AvgIpc) is 2.13. The Bertz CT molecular complexity index is 317. The van der Waals surface area contributed by atoms with E-state index in [2.05, 4.69) is 10.6 Å². The first-order valence-electron chi connectivity index (χ1n) is 6.16. The molecule has 0 spiro atoms. The van der Waals surface area contributed by atoms with Gasteiger partial charge in [-0.25, -0.2) is 4.79 Å². The zero-order valence-corrected chi connectivity index (χ0v) is 11.2. The number of hydrogen-bond acceptors (Lipinski definition) is 5. The van der Waals surface area contributed by atoms with Gasteiger partial charge in [0.15, 0.2) is 0 Å². The molecule has 0 aliphatic carbocycles. The second-order valence-electron chi connectivity index (χ2n) is 5.73. The Morgan fingerprint density at radius 1 is 1.44 bits per heavy atom. The van der Waals surface area contributed by atoms with Crippen molar-refractivity contribution in [2.24, 2.45) is 0 Å². The molecule has 0 bridgehead atoms. The van der Waals surface area contributed by atoms with Gasteiger partial charge in [0.2, 0.25) is 5.91 Å². The summed E-state index contributed by atoms with van der Waals surface area (Å²) in [6, 6.07) is 0. The number of carbonyl (C=O) groups excluding carboxylic acids is 2. The second-order valence-corrected chi connectivity index (χ2v) is 5.73. The van der Waals surface area contributed by atoms with Gasteiger partial charge in [-0.3, -0.25) is 10.1 Å². The molecule has 1 rings (SSSR count). The molecule has 0 aromatic heterocycles. The van der Waals surface area contributed by atoms with E-state index in [1.807, 2.05) is 0 Å². The van der Waals surface area contributed by atoms with Crippen LogP contribution in [-0.4, -0.2) is 41.4 Å². The third-order valence-electron chi connectivity index (χ3n) is 2.58. The molecule has 0 saturated carbocycles. The highest BCUT2D eigenvalue weighted by molar-refractivity contribution is 5.92. The zero-order chi connectivity index (χ0) is 13.8. The van der Waals surface area contributed by atoms with Crippen LogP contribution in [0.25, 0.3) is 0 Å². The van der Waals surface area contributed by atoms with Crippen LogP contribution in [0.1, 0.15) is 40.0 Å². The van der Waals surface area contributed by atoms with Crippen molar-refractivity contribution in [3.8, 4) is 0 Å². The molecule has 0 radical (unpaired) electrons. The highest BCUT2D eigenvalue weighted by atomic mass is 16.6. The number of imide groups is 1. The number of aliphatic hydroxyl groups is 1. The third-order valence-corrected chi connectivity index (χ3v) is 2.58. The molecule has 6 nitrogen and oxygen atoms in total. The lowest BCUT2D eigenvalue weighted by Crippen LogP contribution is -2.49. The molecule has 6 heteroatoms. The number of piperidine rings is 1. The van der Waals surface area contributed by atoms with Gasteiger partial charge in [0.25, 0.3) is 0 Å². The molecule has 18 heavy (non-hydrogen) atoms. The van der Waals surface area contributed by atoms with E-state index >= 15 is 0 Å². The summed E-state index contributed by atoms with van der Waals surface area (Å²) in [6.45, 7) is 6.37. The molecule has 3 N–H and O–H groups in total. The fourth-order valence-electron chi connectivity index (χ4n) is 1.86. The van der Waals surface area contributed by atoms with Crippen LogP contribution in [-0.2, 0) is 9.53 Å². The second kappa shape index (κ2) is 5.67. The molecule has 104 valence electrons. The van der Waals surface area contributed by atoms with Crippen molar-refractivity contribution in [3.63, 3.8) is 0 Å². The first-order valence-corrected chi connectivity index (χ1v) is 6.16. The maximum Gasteiger partial charge on any atom is 0.414 e. The van der Waals surface area contributed by atoms with Crippen molar-refractivity contribution in [1.29, 1.82) is 0 Å². The first-order chi connectivity index (χ1) is 8.20. The summed E-state index contributed by atoms with van der Waals surface area (Å²) in [7, 11) is 0. The minimum atomic E-state index is -1.07. The Hall–Kier alpha value is -1.14. The minimum absolute atomic E-state index is 0.0980. The van der Waals surface area contributed by atoms with Crippen molar-refractivity contribution < 1.29 is 19.4 Å². The van der Waals surface area contributed by atoms with Crippen molar-refractivity contribution in [1.82, 2.24) is 10.6 Å². The largest absolute Gasteiger partial charge is 0.444 e. The highest BCUT2D eigenvalue weighted by Crippen LogP contribution is 2.19. The molecular formula is C12H22N2O4. The number of hydrogen-bond donors (Lipinski definition) is 3. The molecule has 0 aromatic carbocycles. The van der Waals surface area contributed by atoms with Gasteiger partial charge < -0.3 is 15.2 Å². The summed E-state index contributed by atoms with van der Waals surface area (Å²) in [5.74, 6) is -0.518. The number of carbonyl (C=O) groups is 2. The van der Waals surface area contributed by atoms with Gasteiger partial charge in [-0.2, -0.15) is 0 Å². The molecule has 1 aliphatic heterocycles. The lowest BCUT2D eigenvalue weighted by Gasteiger charge is -2.31. The van der Waals surface area contributed by atoms with Gasteiger partial charge in [-0.1, -0.05) is 0 Å². The van der Waals surface area contributed by atoms with Gasteiger partial charge in [0.05, 0.1) is 12.0 Å². The SMILES string of the molecule is CC(C)(C)OC(=O)NC(=O)CC1(O)CCCNC1. The van der Waals surface area contributed by atoms with Gasteiger partial charge in [-0.05, 0) is 40.2 Å². The molecule has 1 aliphatic rings. The summed E-state index contributed by atoms with van der Waals surface area (Å²) in [4.78, 5) is 23.0. The summed E-state index contributed by atoms with van der Waals surface area (Å²) in [5, 5.41) is 15.3. The van der Waals surface area contributed by atoms with Crippen LogP contribution < -0.4 is 10.6 Å². The van der Waals surface area contributed by atoms with Crippen molar-refractivity contribution in [2.45, 2.75) is 51.2 Å². The smallest absolute Gasteiger partial charge is 0.414 e. The maximum atomic E-state index is 11.6. The number of ether oxygens (including phenoxy) is 1. The van der Waals surface area contributed by atoms with E-state index in [9.17, 15) is 14.7 Å². The van der Waals surface area contributed by atoms with E-state index < -0.39 is 23.2 Å². The van der Waals surface area contributed by atoms with Crippen LogP contribution in [0.5, 0.6) is 0 Å². The van der Waals surface area contributed by atoms with Gasteiger partial charge in [0, 0.05) is 6.54 Å². The zero-order valence-electron chi connectivity index (χ0n) is 11.2. The molecule has 1 saturated heterocycles. The summed E-state index contributed by atoms with van der Waals surface area (Å²) < 4.78 is 4.96. The monoisotopic (exact) mass is 258 g/mol. The number of rotatable bonds is 2. The summed E-state index contributed by atoms with van der Waals surface area (Å²) >= 11 is 0. The number of amides is 2. The van der Waals surface area contributed by atoms with Gasteiger partial charge in [-0.15, -0.1) is 0 Å².